The molecule has 2 rings (SSSR count). The van der Waals surface area contributed by atoms with Crippen molar-refractivity contribution in [1.29, 1.82) is 0 Å². The molecule has 0 radical (unpaired) electrons. The van der Waals surface area contributed by atoms with Crippen molar-refractivity contribution in [3.63, 3.8) is 0 Å². The largest absolute Gasteiger partial charge is 0.466 e. The molecular weight excluding hydrogens is 266 g/mol. The highest BCUT2D eigenvalue weighted by Gasteiger charge is 2.38. The molecule has 1 saturated carbocycles. The summed E-state index contributed by atoms with van der Waals surface area (Å²) in [4.78, 5) is 0. The molecule has 0 spiro atoms. The lowest BCUT2D eigenvalue weighted by molar-refractivity contribution is 0.104. The third-order valence-corrected chi connectivity index (χ3v) is 4.63. The minimum absolute atomic E-state index is 0.0136. The van der Waals surface area contributed by atoms with Crippen LogP contribution in [0, 0.1) is 11.3 Å². The van der Waals surface area contributed by atoms with Gasteiger partial charge in [0.25, 0.3) is 0 Å². The first-order valence-corrected chi connectivity index (χ1v) is 6.80. The molecule has 2 nitrogen and oxygen atoms in total. The van der Waals surface area contributed by atoms with Crippen LogP contribution < -0.4 is 5.73 Å². The van der Waals surface area contributed by atoms with E-state index in [1.807, 2.05) is 6.07 Å². The molecular formula is C13H20BrNO. The van der Waals surface area contributed by atoms with Crippen molar-refractivity contribution in [1.82, 2.24) is 0 Å². The van der Waals surface area contributed by atoms with Gasteiger partial charge >= 0.3 is 0 Å². The van der Waals surface area contributed by atoms with Gasteiger partial charge in [-0.2, -0.15) is 0 Å². The van der Waals surface area contributed by atoms with Gasteiger partial charge in [0.1, 0.15) is 5.76 Å². The average molecular weight is 286 g/mol. The van der Waals surface area contributed by atoms with E-state index in [9.17, 15) is 0 Å². The Hall–Kier alpha value is -0.280. The van der Waals surface area contributed by atoms with Gasteiger partial charge in [-0.25, -0.2) is 0 Å². The van der Waals surface area contributed by atoms with Crippen LogP contribution >= 0.6 is 15.9 Å². The zero-order valence-electron chi connectivity index (χ0n) is 10.0. The van der Waals surface area contributed by atoms with Crippen molar-refractivity contribution in [2.45, 2.75) is 45.6 Å². The summed E-state index contributed by atoms with van der Waals surface area (Å²) >= 11 is 3.50. The van der Waals surface area contributed by atoms with Crippen LogP contribution in [-0.4, -0.2) is 0 Å². The minimum atomic E-state index is 0.0136. The Balaban J connectivity index is 2.20. The molecule has 3 heteroatoms. The molecule has 1 aromatic heterocycles. The predicted molar refractivity (Wildman–Crippen MR) is 69.1 cm³/mol. The Morgan fingerprint density at radius 2 is 2.25 bits per heavy atom. The number of hydrogen-bond donors (Lipinski definition) is 1. The molecule has 0 bridgehead atoms. The molecule has 2 unspecified atom stereocenters. The van der Waals surface area contributed by atoms with Crippen molar-refractivity contribution in [2.75, 3.05) is 0 Å². The summed E-state index contributed by atoms with van der Waals surface area (Å²) in [5.74, 6) is 1.42. The Morgan fingerprint density at radius 1 is 1.50 bits per heavy atom. The fourth-order valence-electron chi connectivity index (χ4n) is 2.91. The molecule has 90 valence electrons. The maximum atomic E-state index is 6.37. The molecule has 2 atom stereocenters. The van der Waals surface area contributed by atoms with Gasteiger partial charge in [-0.1, -0.05) is 26.7 Å². The molecule has 1 fully saturated rings. The Kier molecular flexibility index (Phi) is 3.45. The summed E-state index contributed by atoms with van der Waals surface area (Å²) in [7, 11) is 0. The minimum Gasteiger partial charge on any atom is -0.466 e. The maximum absolute atomic E-state index is 6.37. The second kappa shape index (κ2) is 4.53. The zero-order valence-corrected chi connectivity index (χ0v) is 11.6. The highest BCUT2D eigenvalue weighted by Crippen LogP contribution is 2.46. The molecule has 0 aromatic carbocycles. The van der Waals surface area contributed by atoms with Crippen molar-refractivity contribution >= 4 is 15.9 Å². The van der Waals surface area contributed by atoms with Gasteiger partial charge in [0.05, 0.1) is 16.8 Å². The normalized spacial score (nSPS) is 26.6. The first-order valence-electron chi connectivity index (χ1n) is 6.01. The van der Waals surface area contributed by atoms with E-state index in [1.54, 1.807) is 6.26 Å². The fourth-order valence-corrected chi connectivity index (χ4v) is 3.38. The monoisotopic (exact) mass is 285 g/mol. The van der Waals surface area contributed by atoms with E-state index in [4.69, 9.17) is 10.2 Å². The Bertz CT molecular complexity index is 359. The summed E-state index contributed by atoms with van der Waals surface area (Å²) in [6.45, 7) is 4.65. The quantitative estimate of drug-likeness (QED) is 0.882. The lowest BCUT2D eigenvalue weighted by Gasteiger charge is -2.41. The second-order valence-corrected chi connectivity index (χ2v) is 6.35. The van der Waals surface area contributed by atoms with E-state index < -0.39 is 0 Å². The van der Waals surface area contributed by atoms with Crippen LogP contribution in [0.2, 0.25) is 0 Å². The summed E-state index contributed by atoms with van der Waals surface area (Å²) in [6, 6.07) is 1.94. The maximum Gasteiger partial charge on any atom is 0.134 e. The smallest absolute Gasteiger partial charge is 0.134 e. The van der Waals surface area contributed by atoms with Gasteiger partial charge in [-0.05, 0) is 46.2 Å². The van der Waals surface area contributed by atoms with E-state index in [0.717, 1.165) is 10.2 Å². The van der Waals surface area contributed by atoms with Crippen LogP contribution in [0.5, 0.6) is 0 Å². The van der Waals surface area contributed by atoms with Gasteiger partial charge in [-0.15, -0.1) is 0 Å². The van der Waals surface area contributed by atoms with Crippen LogP contribution in [0.3, 0.4) is 0 Å². The summed E-state index contributed by atoms with van der Waals surface area (Å²) < 4.78 is 6.50. The third kappa shape index (κ3) is 2.21. The summed E-state index contributed by atoms with van der Waals surface area (Å²) in [6.07, 6.45) is 6.80. The van der Waals surface area contributed by atoms with Crippen molar-refractivity contribution in [2.24, 2.45) is 17.1 Å². The van der Waals surface area contributed by atoms with Crippen LogP contribution in [0.1, 0.15) is 51.3 Å². The van der Waals surface area contributed by atoms with E-state index in [1.165, 1.54) is 25.7 Å². The molecule has 1 aliphatic carbocycles. The molecule has 1 aromatic rings. The second-order valence-electron chi connectivity index (χ2n) is 5.50. The number of rotatable bonds is 2. The molecule has 0 amide bonds. The summed E-state index contributed by atoms with van der Waals surface area (Å²) in [5.41, 5.74) is 6.69. The van der Waals surface area contributed by atoms with E-state index >= 15 is 0 Å². The standard InChI is InChI=1S/C13H20BrNO/c1-13(2)7-4-3-5-9(13)11(15)12-10(14)6-8-16-12/h6,8-9,11H,3-5,7,15H2,1-2H3. The van der Waals surface area contributed by atoms with Crippen LogP contribution in [0.4, 0.5) is 0 Å². The Morgan fingerprint density at radius 3 is 2.81 bits per heavy atom. The highest BCUT2D eigenvalue weighted by molar-refractivity contribution is 9.10. The number of halogens is 1. The molecule has 16 heavy (non-hydrogen) atoms. The van der Waals surface area contributed by atoms with Crippen LogP contribution in [-0.2, 0) is 0 Å². The SMILES string of the molecule is CC1(C)CCCCC1C(N)c1occc1Br. The van der Waals surface area contributed by atoms with Crippen molar-refractivity contribution in [3.05, 3.63) is 22.6 Å². The van der Waals surface area contributed by atoms with Gasteiger partial charge in [0.15, 0.2) is 0 Å². The first kappa shape index (κ1) is 12.2. The van der Waals surface area contributed by atoms with Gasteiger partial charge in [-0.3, -0.25) is 0 Å². The lowest BCUT2D eigenvalue weighted by atomic mass is 9.65. The number of hydrogen-bond acceptors (Lipinski definition) is 2. The van der Waals surface area contributed by atoms with E-state index in [-0.39, 0.29) is 6.04 Å². The molecule has 1 aliphatic rings. The average Bonchev–Trinajstić information content (AvgIpc) is 2.63. The highest BCUT2D eigenvalue weighted by atomic mass is 79.9. The predicted octanol–water partition coefficient (Wildman–Crippen LogP) is 4.26. The lowest BCUT2D eigenvalue weighted by Crippen LogP contribution is -2.36. The van der Waals surface area contributed by atoms with Crippen molar-refractivity contribution < 1.29 is 4.42 Å². The molecule has 2 N–H and O–H groups in total. The molecule has 1 heterocycles. The van der Waals surface area contributed by atoms with E-state index in [2.05, 4.69) is 29.8 Å². The first-order chi connectivity index (χ1) is 7.52. The van der Waals surface area contributed by atoms with Crippen LogP contribution in [0.15, 0.2) is 21.2 Å². The fraction of sp³-hybridized carbons (Fsp3) is 0.692. The Labute approximate surface area is 106 Å². The topological polar surface area (TPSA) is 39.2 Å². The molecule has 0 saturated heterocycles. The van der Waals surface area contributed by atoms with Gasteiger partial charge in [0, 0.05) is 0 Å². The zero-order chi connectivity index (χ0) is 11.8. The van der Waals surface area contributed by atoms with Gasteiger partial charge in [0.2, 0.25) is 0 Å². The molecule has 0 aliphatic heterocycles. The van der Waals surface area contributed by atoms with Gasteiger partial charge < -0.3 is 10.2 Å². The van der Waals surface area contributed by atoms with E-state index in [0.29, 0.717) is 11.3 Å². The number of nitrogens with two attached hydrogens (primary N) is 1. The van der Waals surface area contributed by atoms with Crippen LogP contribution in [0.25, 0.3) is 0 Å². The third-order valence-electron chi connectivity index (χ3n) is 3.97. The number of furan rings is 1. The summed E-state index contributed by atoms with van der Waals surface area (Å²) in [5, 5.41) is 0. The van der Waals surface area contributed by atoms with Crippen molar-refractivity contribution in [3.8, 4) is 0 Å².